The largest absolute Gasteiger partial charge is 0.416 e. The lowest BCUT2D eigenvalue weighted by atomic mass is 9.93. The minimum atomic E-state index is -4.54. The molecule has 0 saturated carbocycles. The van der Waals surface area contributed by atoms with Crippen molar-refractivity contribution in [1.82, 2.24) is 4.98 Å². The maximum absolute atomic E-state index is 13.4. The monoisotopic (exact) mass is 467 g/mol. The molecule has 0 spiro atoms. The van der Waals surface area contributed by atoms with Crippen molar-refractivity contribution in [3.8, 4) is 0 Å². The number of pyridine rings is 1. The van der Waals surface area contributed by atoms with E-state index in [1.807, 2.05) is 32.0 Å². The standard InChI is InChI=1S/C26H24F3N3O2/c1-16(2)12-25(34)32-11-9-18(21-8-6-19(14-23(21)32)26(27,28)29)13-24(33)31-20-7-5-17-4-3-10-30-22(17)15-20/h3-8,10,13-16H,9,11-12H2,1-2H3,(H,31,33)/b18-13+. The zero-order valence-electron chi connectivity index (χ0n) is 18.8. The number of carbonyl (C=O) groups is 2. The molecule has 5 nitrogen and oxygen atoms in total. The second-order valence-corrected chi connectivity index (χ2v) is 8.69. The molecule has 2 amide bonds. The Hall–Kier alpha value is -3.68. The third kappa shape index (κ3) is 5.11. The van der Waals surface area contributed by atoms with E-state index < -0.39 is 17.6 Å². The first kappa shape index (κ1) is 23.5. The van der Waals surface area contributed by atoms with E-state index >= 15 is 0 Å². The number of nitrogens with one attached hydrogen (secondary N) is 1. The van der Waals surface area contributed by atoms with Crippen LogP contribution in [0.15, 0.2) is 60.8 Å². The van der Waals surface area contributed by atoms with Gasteiger partial charge < -0.3 is 10.2 Å². The lowest BCUT2D eigenvalue weighted by molar-refractivity contribution is -0.137. The Morgan fingerprint density at radius 2 is 1.94 bits per heavy atom. The van der Waals surface area contributed by atoms with E-state index in [0.717, 1.165) is 23.0 Å². The molecule has 0 atom stereocenters. The summed E-state index contributed by atoms with van der Waals surface area (Å²) in [6.45, 7) is 3.97. The molecule has 0 radical (unpaired) electrons. The fraction of sp³-hybridized carbons (Fsp3) is 0.269. The van der Waals surface area contributed by atoms with Crippen molar-refractivity contribution in [2.24, 2.45) is 5.92 Å². The van der Waals surface area contributed by atoms with Crippen LogP contribution in [0.4, 0.5) is 24.5 Å². The SMILES string of the molecule is CC(C)CC(=O)N1CC/C(=C\C(=O)Nc2ccc3cccnc3c2)c2ccc(C(F)(F)F)cc21. The van der Waals surface area contributed by atoms with Crippen molar-refractivity contribution in [2.45, 2.75) is 32.9 Å². The van der Waals surface area contributed by atoms with Crippen LogP contribution < -0.4 is 10.2 Å². The fourth-order valence-corrected chi connectivity index (χ4v) is 4.04. The lowest BCUT2D eigenvalue weighted by Crippen LogP contribution is -2.36. The number of rotatable bonds is 4. The second kappa shape index (κ2) is 9.29. The highest BCUT2D eigenvalue weighted by atomic mass is 19.4. The van der Waals surface area contributed by atoms with E-state index in [4.69, 9.17) is 0 Å². The van der Waals surface area contributed by atoms with E-state index in [1.165, 1.54) is 17.0 Å². The van der Waals surface area contributed by atoms with Crippen LogP contribution >= 0.6 is 0 Å². The second-order valence-electron chi connectivity index (χ2n) is 8.69. The highest BCUT2D eigenvalue weighted by Gasteiger charge is 2.34. The number of hydrogen-bond donors (Lipinski definition) is 1. The van der Waals surface area contributed by atoms with E-state index in [1.54, 1.807) is 18.3 Å². The predicted molar refractivity (Wildman–Crippen MR) is 126 cm³/mol. The summed E-state index contributed by atoms with van der Waals surface area (Å²) >= 11 is 0. The molecule has 0 unspecified atom stereocenters. The average molecular weight is 467 g/mol. The Bertz CT molecular complexity index is 1280. The van der Waals surface area contributed by atoms with Crippen LogP contribution in [-0.4, -0.2) is 23.3 Å². The maximum Gasteiger partial charge on any atom is 0.416 e. The summed E-state index contributed by atoms with van der Waals surface area (Å²) in [7, 11) is 0. The Kier molecular flexibility index (Phi) is 6.41. The van der Waals surface area contributed by atoms with Gasteiger partial charge in [0.25, 0.3) is 0 Å². The molecule has 1 N–H and O–H groups in total. The first-order valence-corrected chi connectivity index (χ1v) is 11.0. The van der Waals surface area contributed by atoms with Crippen molar-refractivity contribution in [3.63, 3.8) is 0 Å². The van der Waals surface area contributed by atoms with Gasteiger partial charge in [0.15, 0.2) is 0 Å². The zero-order chi connectivity index (χ0) is 24.5. The molecule has 1 aliphatic heterocycles. The van der Waals surface area contributed by atoms with Crippen molar-refractivity contribution in [1.29, 1.82) is 0 Å². The number of anilines is 2. The molecule has 0 aliphatic carbocycles. The summed E-state index contributed by atoms with van der Waals surface area (Å²) in [6.07, 6.45) is -0.903. The van der Waals surface area contributed by atoms with Crippen LogP contribution in [0.3, 0.4) is 0 Å². The van der Waals surface area contributed by atoms with E-state index in [9.17, 15) is 22.8 Å². The Morgan fingerprint density at radius 1 is 1.15 bits per heavy atom. The topological polar surface area (TPSA) is 62.3 Å². The van der Waals surface area contributed by atoms with E-state index in [0.29, 0.717) is 23.2 Å². The summed E-state index contributed by atoms with van der Waals surface area (Å²) in [6, 6.07) is 12.4. The molecule has 2 aromatic carbocycles. The molecule has 3 aromatic rings. The quantitative estimate of drug-likeness (QED) is 0.475. The van der Waals surface area contributed by atoms with Crippen molar-refractivity contribution >= 4 is 39.7 Å². The van der Waals surface area contributed by atoms with Gasteiger partial charge in [-0.2, -0.15) is 13.2 Å². The molecule has 0 fully saturated rings. The van der Waals surface area contributed by atoms with Crippen LogP contribution in [0.25, 0.3) is 16.5 Å². The highest BCUT2D eigenvalue weighted by molar-refractivity contribution is 6.07. The van der Waals surface area contributed by atoms with Gasteiger partial charge >= 0.3 is 6.18 Å². The predicted octanol–water partition coefficient (Wildman–Crippen LogP) is 6.06. The van der Waals surface area contributed by atoms with Crippen LogP contribution in [0.5, 0.6) is 0 Å². The third-order valence-corrected chi connectivity index (χ3v) is 5.63. The molecular weight excluding hydrogens is 443 g/mol. The van der Waals surface area contributed by atoms with Gasteiger partial charge in [0.2, 0.25) is 11.8 Å². The molecule has 1 aliphatic rings. The number of amides is 2. The molecule has 0 bridgehead atoms. The number of nitrogens with zero attached hydrogens (tertiary/aromatic N) is 2. The van der Waals surface area contributed by atoms with Crippen LogP contribution in [0.2, 0.25) is 0 Å². The molecule has 176 valence electrons. The van der Waals surface area contributed by atoms with Gasteiger partial charge in [-0.05, 0) is 48.2 Å². The smallest absolute Gasteiger partial charge is 0.322 e. The number of benzene rings is 2. The van der Waals surface area contributed by atoms with Gasteiger partial charge in [-0.15, -0.1) is 0 Å². The molecule has 34 heavy (non-hydrogen) atoms. The minimum Gasteiger partial charge on any atom is -0.322 e. The summed E-state index contributed by atoms with van der Waals surface area (Å²) in [4.78, 5) is 31.2. The van der Waals surface area contributed by atoms with Gasteiger partial charge in [0.05, 0.1) is 16.8 Å². The summed E-state index contributed by atoms with van der Waals surface area (Å²) < 4.78 is 40.1. The van der Waals surface area contributed by atoms with Gasteiger partial charge in [-0.25, -0.2) is 0 Å². The van der Waals surface area contributed by atoms with Gasteiger partial charge in [-0.3, -0.25) is 14.6 Å². The van der Waals surface area contributed by atoms with Gasteiger partial charge in [-0.1, -0.05) is 32.0 Å². The zero-order valence-corrected chi connectivity index (χ0v) is 18.8. The number of halogens is 3. The Labute approximate surface area is 195 Å². The van der Waals surface area contributed by atoms with Crippen molar-refractivity contribution in [3.05, 3.63) is 71.9 Å². The summed E-state index contributed by atoms with van der Waals surface area (Å²) in [5.41, 5.74) is 1.67. The lowest BCUT2D eigenvalue weighted by Gasteiger charge is -2.32. The molecule has 2 heterocycles. The first-order chi connectivity index (χ1) is 16.1. The fourth-order valence-electron chi connectivity index (χ4n) is 4.04. The number of carbonyl (C=O) groups excluding carboxylic acids is 2. The van der Waals surface area contributed by atoms with E-state index in [-0.39, 0.29) is 30.5 Å². The molecule has 1 aromatic heterocycles. The number of alkyl halides is 3. The normalized spacial score (nSPS) is 15.0. The first-order valence-electron chi connectivity index (χ1n) is 11.0. The van der Waals surface area contributed by atoms with Crippen LogP contribution in [-0.2, 0) is 15.8 Å². The van der Waals surface area contributed by atoms with E-state index in [2.05, 4.69) is 10.3 Å². The van der Waals surface area contributed by atoms with Crippen LogP contribution in [0, 0.1) is 5.92 Å². The number of fused-ring (bicyclic) bond motifs is 2. The number of hydrogen-bond acceptors (Lipinski definition) is 3. The summed E-state index contributed by atoms with van der Waals surface area (Å²) in [5.74, 6) is -0.568. The molecule has 8 heteroatoms. The summed E-state index contributed by atoms with van der Waals surface area (Å²) in [5, 5.41) is 3.73. The molecular formula is C26H24F3N3O2. The Balaban J connectivity index is 1.65. The highest BCUT2D eigenvalue weighted by Crippen LogP contribution is 2.40. The van der Waals surface area contributed by atoms with Gasteiger partial charge in [0.1, 0.15) is 0 Å². The maximum atomic E-state index is 13.4. The molecule has 0 saturated heterocycles. The van der Waals surface area contributed by atoms with Gasteiger partial charge in [0, 0.05) is 41.9 Å². The van der Waals surface area contributed by atoms with Crippen molar-refractivity contribution in [2.75, 3.05) is 16.8 Å². The van der Waals surface area contributed by atoms with Crippen LogP contribution in [0.1, 0.15) is 37.8 Å². The third-order valence-electron chi connectivity index (χ3n) is 5.63. The Morgan fingerprint density at radius 3 is 2.68 bits per heavy atom. The number of aromatic nitrogens is 1. The van der Waals surface area contributed by atoms with Crippen molar-refractivity contribution < 1.29 is 22.8 Å². The molecule has 4 rings (SSSR count). The minimum absolute atomic E-state index is 0.0703. The average Bonchev–Trinajstić information content (AvgIpc) is 2.77.